The van der Waals surface area contributed by atoms with E-state index in [1.165, 1.54) is 12.1 Å². The van der Waals surface area contributed by atoms with Crippen molar-refractivity contribution in [3.05, 3.63) is 35.3 Å². The second-order valence-corrected chi connectivity index (χ2v) is 5.60. The van der Waals surface area contributed by atoms with Gasteiger partial charge in [0.1, 0.15) is 17.2 Å². The highest BCUT2D eigenvalue weighted by Gasteiger charge is 2.23. The Kier molecular flexibility index (Phi) is 3.57. The summed E-state index contributed by atoms with van der Waals surface area (Å²) < 4.78 is 19.1. The maximum Gasteiger partial charge on any atom is 0.317 e. The lowest BCUT2D eigenvalue weighted by Gasteiger charge is -2.19. The summed E-state index contributed by atoms with van der Waals surface area (Å²) in [5, 5.41) is 3.71. The van der Waals surface area contributed by atoms with Crippen molar-refractivity contribution < 1.29 is 13.6 Å². The van der Waals surface area contributed by atoms with Crippen LogP contribution in [0.3, 0.4) is 0 Å². The van der Waals surface area contributed by atoms with Crippen LogP contribution in [-0.2, 0) is 0 Å². The quantitative estimate of drug-likeness (QED) is 0.915. The highest BCUT2D eigenvalue weighted by Crippen LogP contribution is 2.30. The zero-order valence-electron chi connectivity index (χ0n) is 12.3. The summed E-state index contributed by atoms with van der Waals surface area (Å²) in [6.45, 7) is 5.39. The molecule has 2 aromatic rings. The fourth-order valence-electron chi connectivity index (χ4n) is 2.89. The van der Waals surface area contributed by atoms with Crippen LogP contribution in [0, 0.1) is 12.7 Å². The van der Waals surface area contributed by atoms with Crippen molar-refractivity contribution in [3.8, 4) is 0 Å². The van der Waals surface area contributed by atoms with Gasteiger partial charge in [-0.05, 0) is 44.9 Å². The minimum absolute atomic E-state index is 0.0639. The summed E-state index contributed by atoms with van der Waals surface area (Å²) in [4.78, 5) is 13.9. The van der Waals surface area contributed by atoms with E-state index in [0.29, 0.717) is 11.3 Å². The number of hydrogen-bond acceptors (Lipinski definition) is 2. The molecular weight excluding hydrogens is 271 g/mol. The van der Waals surface area contributed by atoms with Crippen molar-refractivity contribution in [1.29, 1.82) is 0 Å². The zero-order valence-corrected chi connectivity index (χ0v) is 12.3. The highest BCUT2D eigenvalue weighted by molar-refractivity contribution is 5.82. The molecule has 0 radical (unpaired) electrons. The maximum absolute atomic E-state index is 13.3. The Labute approximate surface area is 122 Å². The average Bonchev–Trinajstić information content (AvgIpc) is 3.08. The van der Waals surface area contributed by atoms with E-state index in [1.54, 1.807) is 6.07 Å². The van der Waals surface area contributed by atoms with E-state index in [1.807, 2.05) is 18.7 Å². The van der Waals surface area contributed by atoms with Crippen LogP contribution < -0.4 is 5.32 Å². The number of fused-ring (bicyclic) bond motifs is 1. The van der Waals surface area contributed by atoms with Gasteiger partial charge in [-0.15, -0.1) is 0 Å². The molecule has 2 heterocycles. The predicted octanol–water partition coefficient (Wildman–Crippen LogP) is 3.75. The molecule has 0 spiro atoms. The lowest BCUT2D eigenvalue weighted by Crippen LogP contribution is -2.39. The normalized spacial score (nSPS) is 16.4. The molecular formula is C16H19FN2O2. The third kappa shape index (κ3) is 2.60. The molecule has 1 fully saturated rings. The van der Waals surface area contributed by atoms with Gasteiger partial charge < -0.3 is 14.6 Å². The Balaban J connectivity index is 1.82. The third-order valence-electron chi connectivity index (χ3n) is 4.06. The second-order valence-electron chi connectivity index (χ2n) is 5.60. The number of amides is 2. The molecule has 1 unspecified atom stereocenters. The zero-order chi connectivity index (χ0) is 15.0. The summed E-state index contributed by atoms with van der Waals surface area (Å²) >= 11 is 0. The van der Waals surface area contributed by atoms with Crippen LogP contribution in [0.4, 0.5) is 9.18 Å². The van der Waals surface area contributed by atoms with E-state index in [0.717, 1.165) is 36.9 Å². The van der Waals surface area contributed by atoms with Crippen molar-refractivity contribution in [2.45, 2.75) is 32.7 Å². The number of carbonyl (C=O) groups is 1. The number of urea groups is 1. The first-order valence-electron chi connectivity index (χ1n) is 7.30. The summed E-state index contributed by atoms with van der Waals surface area (Å²) in [7, 11) is 0. The monoisotopic (exact) mass is 290 g/mol. The molecule has 4 nitrogen and oxygen atoms in total. The molecule has 112 valence electrons. The van der Waals surface area contributed by atoms with Crippen LogP contribution >= 0.6 is 0 Å². The fraction of sp³-hybridized carbons (Fsp3) is 0.438. The molecule has 1 atom stereocenters. The Bertz CT molecular complexity index is 674. The first kappa shape index (κ1) is 13.9. The van der Waals surface area contributed by atoms with Gasteiger partial charge in [-0.3, -0.25) is 0 Å². The number of carbonyl (C=O) groups excluding carboxylic acids is 1. The molecule has 5 heteroatoms. The molecule has 0 aliphatic carbocycles. The van der Waals surface area contributed by atoms with Gasteiger partial charge in [0, 0.05) is 24.0 Å². The van der Waals surface area contributed by atoms with Crippen LogP contribution in [0.5, 0.6) is 0 Å². The van der Waals surface area contributed by atoms with Gasteiger partial charge >= 0.3 is 6.03 Å². The molecule has 2 amide bonds. The topological polar surface area (TPSA) is 45.5 Å². The number of rotatable bonds is 2. The van der Waals surface area contributed by atoms with E-state index < -0.39 is 0 Å². The van der Waals surface area contributed by atoms with Gasteiger partial charge in [-0.25, -0.2) is 9.18 Å². The van der Waals surface area contributed by atoms with E-state index in [-0.39, 0.29) is 17.9 Å². The Morgan fingerprint density at radius 3 is 2.81 bits per heavy atom. The Morgan fingerprint density at radius 2 is 2.10 bits per heavy atom. The van der Waals surface area contributed by atoms with Crippen LogP contribution in [0.1, 0.15) is 37.1 Å². The van der Waals surface area contributed by atoms with Crippen LogP contribution in [0.25, 0.3) is 11.0 Å². The number of aryl methyl sites for hydroxylation is 1. The van der Waals surface area contributed by atoms with Gasteiger partial charge in [0.05, 0.1) is 6.04 Å². The number of hydrogen-bond donors (Lipinski definition) is 1. The van der Waals surface area contributed by atoms with Crippen molar-refractivity contribution >= 4 is 17.0 Å². The first-order chi connectivity index (χ1) is 10.1. The smallest absolute Gasteiger partial charge is 0.317 e. The largest absolute Gasteiger partial charge is 0.459 e. The van der Waals surface area contributed by atoms with E-state index in [2.05, 4.69) is 5.32 Å². The molecule has 1 aliphatic heterocycles. The molecule has 1 aromatic heterocycles. The number of furan rings is 1. The van der Waals surface area contributed by atoms with Crippen molar-refractivity contribution in [1.82, 2.24) is 10.2 Å². The van der Waals surface area contributed by atoms with Crippen LogP contribution in [0.2, 0.25) is 0 Å². The molecule has 1 saturated heterocycles. The molecule has 0 saturated carbocycles. The molecule has 1 aliphatic rings. The summed E-state index contributed by atoms with van der Waals surface area (Å²) in [5.74, 6) is 0.398. The SMILES string of the molecule is Cc1c(C(C)NC(=O)N2CCCC2)oc2ccc(F)cc12. The van der Waals surface area contributed by atoms with E-state index in [9.17, 15) is 9.18 Å². The number of nitrogens with one attached hydrogen (secondary N) is 1. The van der Waals surface area contributed by atoms with Gasteiger partial charge in [0.15, 0.2) is 0 Å². The number of halogens is 1. The summed E-state index contributed by atoms with van der Waals surface area (Å²) in [6.07, 6.45) is 2.12. The lowest BCUT2D eigenvalue weighted by atomic mass is 10.1. The Hall–Kier alpha value is -2.04. The van der Waals surface area contributed by atoms with Gasteiger partial charge in [-0.2, -0.15) is 0 Å². The van der Waals surface area contributed by atoms with Crippen LogP contribution in [0.15, 0.2) is 22.6 Å². The van der Waals surface area contributed by atoms with Gasteiger partial charge in [0.2, 0.25) is 0 Å². The molecule has 3 rings (SSSR count). The number of nitrogens with zero attached hydrogens (tertiary/aromatic N) is 1. The van der Waals surface area contributed by atoms with E-state index >= 15 is 0 Å². The maximum atomic E-state index is 13.3. The van der Waals surface area contributed by atoms with Gasteiger partial charge in [0.25, 0.3) is 0 Å². The third-order valence-corrected chi connectivity index (χ3v) is 4.06. The minimum atomic E-state index is -0.285. The van der Waals surface area contributed by atoms with Crippen LogP contribution in [-0.4, -0.2) is 24.0 Å². The number of likely N-dealkylation sites (tertiary alicyclic amines) is 1. The average molecular weight is 290 g/mol. The first-order valence-corrected chi connectivity index (χ1v) is 7.30. The Morgan fingerprint density at radius 1 is 1.38 bits per heavy atom. The predicted molar refractivity (Wildman–Crippen MR) is 78.7 cm³/mol. The standard InChI is InChI=1S/C16H19FN2O2/c1-10-13-9-12(17)5-6-14(13)21-15(10)11(2)18-16(20)19-7-3-4-8-19/h5-6,9,11H,3-4,7-8H2,1-2H3,(H,18,20). The van der Waals surface area contributed by atoms with Crippen molar-refractivity contribution in [2.24, 2.45) is 0 Å². The van der Waals surface area contributed by atoms with Crippen molar-refractivity contribution in [3.63, 3.8) is 0 Å². The van der Waals surface area contributed by atoms with Crippen molar-refractivity contribution in [2.75, 3.05) is 13.1 Å². The second kappa shape index (κ2) is 5.39. The molecule has 21 heavy (non-hydrogen) atoms. The molecule has 0 bridgehead atoms. The fourth-order valence-corrected chi connectivity index (χ4v) is 2.89. The molecule has 1 N–H and O–H groups in total. The van der Waals surface area contributed by atoms with E-state index in [4.69, 9.17) is 4.42 Å². The molecule has 1 aromatic carbocycles. The summed E-state index contributed by atoms with van der Waals surface area (Å²) in [5.41, 5.74) is 1.52. The minimum Gasteiger partial charge on any atom is -0.459 e. The number of benzene rings is 1. The van der Waals surface area contributed by atoms with Gasteiger partial charge in [-0.1, -0.05) is 0 Å². The lowest BCUT2D eigenvalue weighted by molar-refractivity contribution is 0.204. The highest BCUT2D eigenvalue weighted by atomic mass is 19.1. The summed E-state index contributed by atoms with van der Waals surface area (Å²) in [6, 6.07) is 4.16.